The van der Waals surface area contributed by atoms with Crippen LogP contribution < -0.4 is 10.6 Å². The molecule has 4 rings (SSSR count). The van der Waals surface area contributed by atoms with Gasteiger partial charge in [-0.1, -0.05) is 60.7 Å². The van der Waals surface area contributed by atoms with Crippen LogP contribution in [0.1, 0.15) is 74.9 Å². The van der Waals surface area contributed by atoms with Gasteiger partial charge in [-0.05, 0) is 99.2 Å². The molecule has 0 aliphatic heterocycles. The highest BCUT2D eigenvalue weighted by molar-refractivity contribution is 7.84. The van der Waals surface area contributed by atoms with E-state index in [1.165, 1.54) is 6.92 Å². The van der Waals surface area contributed by atoms with Gasteiger partial charge in [-0.15, -0.1) is 0 Å². The number of hydrogen-bond donors (Lipinski definition) is 1. The lowest BCUT2D eigenvalue weighted by molar-refractivity contribution is -0.142. The summed E-state index contributed by atoms with van der Waals surface area (Å²) in [7, 11) is -7.37. The summed E-state index contributed by atoms with van der Waals surface area (Å²) in [4.78, 5) is 37.2. The second kappa shape index (κ2) is 17.6. The monoisotopic (exact) mass is 706 g/mol. The lowest BCUT2D eigenvalue weighted by Crippen LogP contribution is -2.17. The van der Waals surface area contributed by atoms with Crippen molar-refractivity contribution in [3.05, 3.63) is 129 Å². The van der Waals surface area contributed by atoms with E-state index in [1.807, 2.05) is 0 Å². The maximum Gasteiger partial charge on any atom is 0.302 e. The van der Waals surface area contributed by atoms with E-state index in [2.05, 4.69) is 0 Å². The van der Waals surface area contributed by atoms with Crippen LogP contribution in [0, 0.1) is 27.7 Å². The van der Waals surface area contributed by atoms with Crippen molar-refractivity contribution < 1.29 is 42.4 Å². The summed E-state index contributed by atoms with van der Waals surface area (Å²) in [6.07, 6.45) is 0. The molecule has 0 aliphatic carbocycles. The SMILES string of the molecule is CCOP(=O)(C(=O)c1c(C)cc(CO)cc1C)c1ccccc1.CCOP(=O)(C(=O)c1c(C)cc(COC(C)=O)cc1C)c1ccccc1. The molecule has 11 heteroatoms. The summed E-state index contributed by atoms with van der Waals surface area (Å²) in [5, 5.41) is 10.1. The molecule has 0 radical (unpaired) electrons. The Bertz CT molecular complexity index is 1840. The number of carbonyl (C=O) groups is 3. The number of aryl methyl sites for hydroxylation is 4. The molecule has 9 nitrogen and oxygen atoms in total. The average molecular weight is 707 g/mol. The molecule has 0 heterocycles. The van der Waals surface area contributed by atoms with E-state index >= 15 is 0 Å². The number of rotatable bonds is 13. The van der Waals surface area contributed by atoms with Crippen molar-refractivity contribution in [2.75, 3.05) is 13.2 Å². The smallest absolute Gasteiger partial charge is 0.302 e. The summed E-state index contributed by atoms with van der Waals surface area (Å²) in [6.45, 7) is 12.3. The maximum atomic E-state index is 13.5. The van der Waals surface area contributed by atoms with E-state index < -0.39 is 25.8 Å². The second-order valence-corrected chi connectivity index (χ2v) is 15.9. The Labute approximate surface area is 288 Å². The summed E-state index contributed by atoms with van der Waals surface area (Å²) in [5.41, 5.74) is 4.01. The van der Waals surface area contributed by atoms with Crippen LogP contribution in [0.4, 0.5) is 0 Å². The molecule has 0 aromatic heterocycles. The number of esters is 1. The van der Waals surface area contributed by atoms with Gasteiger partial charge in [0.15, 0.2) is 0 Å². The first-order valence-electron chi connectivity index (χ1n) is 15.9. The Morgan fingerprint density at radius 2 is 0.959 bits per heavy atom. The summed E-state index contributed by atoms with van der Waals surface area (Å²) in [5.74, 6) is -0.370. The van der Waals surface area contributed by atoms with Gasteiger partial charge in [-0.3, -0.25) is 23.5 Å². The van der Waals surface area contributed by atoms with Gasteiger partial charge < -0.3 is 18.9 Å². The molecule has 0 fully saturated rings. The number of benzene rings is 4. The topological polar surface area (TPSA) is 133 Å². The van der Waals surface area contributed by atoms with Crippen LogP contribution in [0.2, 0.25) is 0 Å². The van der Waals surface area contributed by atoms with E-state index in [0.29, 0.717) is 44.0 Å². The van der Waals surface area contributed by atoms with Gasteiger partial charge in [0.25, 0.3) is 11.0 Å². The largest absolute Gasteiger partial charge is 0.461 e. The van der Waals surface area contributed by atoms with Gasteiger partial charge in [0, 0.05) is 28.7 Å². The van der Waals surface area contributed by atoms with E-state index in [1.54, 1.807) is 126 Å². The molecule has 0 amide bonds. The highest BCUT2D eigenvalue weighted by Crippen LogP contribution is 2.51. The van der Waals surface area contributed by atoms with Crippen LogP contribution in [-0.2, 0) is 40.9 Å². The average Bonchev–Trinajstić information content (AvgIpc) is 3.07. The summed E-state index contributed by atoms with van der Waals surface area (Å²) >= 11 is 0. The van der Waals surface area contributed by atoms with Crippen LogP contribution in [0.25, 0.3) is 0 Å². The summed E-state index contributed by atoms with van der Waals surface area (Å²) < 4.78 is 42.8. The first-order valence-corrected chi connectivity index (χ1v) is 19.1. The Hall–Kier alpha value is -3.97. The highest BCUT2D eigenvalue weighted by atomic mass is 31.2. The molecule has 49 heavy (non-hydrogen) atoms. The van der Waals surface area contributed by atoms with Crippen molar-refractivity contribution in [2.24, 2.45) is 0 Å². The third kappa shape index (κ3) is 9.39. The van der Waals surface area contributed by atoms with E-state index in [4.69, 9.17) is 13.8 Å². The lowest BCUT2D eigenvalue weighted by Gasteiger charge is -2.19. The van der Waals surface area contributed by atoms with Crippen LogP contribution in [0.3, 0.4) is 0 Å². The minimum absolute atomic E-state index is 0.0992. The zero-order valence-corrected chi connectivity index (χ0v) is 30.8. The number of aliphatic hydroxyl groups excluding tert-OH is 1. The molecule has 4 aromatic rings. The van der Waals surface area contributed by atoms with Crippen molar-refractivity contribution in [1.29, 1.82) is 0 Å². The zero-order chi connectivity index (χ0) is 36.4. The predicted octanol–water partition coefficient (Wildman–Crippen LogP) is 7.72. The number of ether oxygens (including phenoxy) is 1. The highest BCUT2D eigenvalue weighted by Gasteiger charge is 2.38. The Balaban J connectivity index is 0.000000267. The minimum Gasteiger partial charge on any atom is -0.461 e. The molecule has 0 aliphatic rings. The minimum atomic E-state index is -3.71. The van der Waals surface area contributed by atoms with E-state index in [0.717, 1.165) is 11.1 Å². The van der Waals surface area contributed by atoms with E-state index in [-0.39, 0.29) is 32.4 Å². The molecule has 0 spiro atoms. The molecule has 0 bridgehead atoms. The normalized spacial score (nSPS) is 13.3. The third-order valence-corrected chi connectivity index (χ3v) is 12.3. The third-order valence-electron chi connectivity index (χ3n) is 7.59. The fraction of sp³-hybridized carbons (Fsp3) is 0.289. The maximum absolute atomic E-state index is 13.5. The molecule has 260 valence electrons. The van der Waals surface area contributed by atoms with Gasteiger partial charge in [0.2, 0.25) is 0 Å². The van der Waals surface area contributed by atoms with Gasteiger partial charge >= 0.3 is 20.7 Å². The molecule has 2 atom stereocenters. The molecular formula is C38H44O9P2. The number of carbonyl (C=O) groups excluding carboxylic acids is 3. The van der Waals surface area contributed by atoms with Crippen LogP contribution in [-0.4, -0.2) is 35.3 Å². The Morgan fingerprint density at radius 3 is 1.27 bits per heavy atom. The quantitative estimate of drug-likeness (QED) is 0.110. The van der Waals surface area contributed by atoms with Crippen molar-refractivity contribution in [3.63, 3.8) is 0 Å². The molecule has 2 unspecified atom stereocenters. The van der Waals surface area contributed by atoms with Crippen molar-refractivity contribution >= 4 is 42.4 Å². The van der Waals surface area contributed by atoms with Crippen molar-refractivity contribution in [1.82, 2.24) is 0 Å². The Morgan fingerprint density at radius 1 is 0.612 bits per heavy atom. The zero-order valence-electron chi connectivity index (χ0n) is 29.0. The fourth-order valence-corrected chi connectivity index (χ4v) is 9.70. The van der Waals surface area contributed by atoms with Crippen LogP contribution >= 0.6 is 14.7 Å². The summed E-state index contributed by atoms with van der Waals surface area (Å²) in [6, 6.07) is 24.2. The number of hydrogen-bond acceptors (Lipinski definition) is 9. The van der Waals surface area contributed by atoms with Crippen LogP contribution in [0.15, 0.2) is 84.9 Å². The molecule has 1 N–H and O–H groups in total. The van der Waals surface area contributed by atoms with E-state index in [9.17, 15) is 28.6 Å². The lowest BCUT2D eigenvalue weighted by atomic mass is 10.0. The van der Waals surface area contributed by atoms with Gasteiger partial charge in [-0.25, -0.2) is 0 Å². The first kappa shape index (κ1) is 39.5. The van der Waals surface area contributed by atoms with Gasteiger partial charge in [-0.2, -0.15) is 0 Å². The van der Waals surface area contributed by atoms with Gasteiger partial charge in [0.1, 0.15) is 6.61 Å². The molecule has 0 saturated heterocycles. The van der Waals surface area contributed by atoms with Gasteiger partial charge in [0.05, 0.1) is 19.8 Å². The molecular weight excluding hydrogens is 662 g/mol. The van der Waals surface area contributed by atoms with Crippen LogP contribution in [0.5, 0.6) is 0 Å². The predicted molar refractivity (Wildman–Crippen MR) is 193 cm³/mol. The standard InChI is InChI=1S/C20H23O5P.C18H21O4P/c1-5-25-26(23,18-9-7-6-8-10-18)20(22)19-14(2)11-17(12-15(19)3)13-24-16(4)21;1-4-22-23(21,16-8-6-5-7-9-16)18(20)17-13(2)10-15(12-19)11-14(17)3/h6-12H,5,13H2,1-4H3;5-11,19H,4,12H2,1-3H3. The van der Waals surface area contributed by atoms with Crippen molar-refractivity contribution in [3.8, 4) is 0 Å². The first-order chi connectivity index (χ1) is 23.2. The number of aliphatic hydroxyl groups is 1. The molecule has 0 saturated carbocycles. The fourth-order valence-electron chi connectivity index (χ4n) is 5.55. The molecule has 4 aromatic carbocycles. The Kier molecular flexibility index (Phi) is 14.2. The van der Waals surface area contributed by atoms with Crippen molar-refractivity contribution in [2.45, 2.75) is 61.7 Å². The second-order valence-electron chi connectivity index (χ2n) is 11.4.